The maximum Gasteiger partial charge on any atom is 0.328 e. The molecule has 3 aromatic carbocycles. The Labute approximate surface area is 186 Å². The molecule has 1 fully saturated rings. The quantitative estimate of drug-likeness (QED) is 0.507. The molecular weight excluding hydrogens is 417 g/mol. The van der Waals surface area contributed by atoms with E-state index in [4.69, 9.17) is 28.2 Å². The lowest BCUT2D eigenvalue weighted by Crippen LogP contribution is -2.44. The van der Waals surface area contributed by atoms with Gasteiger partial charge in [0.2, 0.25) is 0 Å². The minimum atomic E-state index is -0.823. The monoisotopic (exact) mass is 437 g/mol. The first-order valence-electron chi connectivity index (χ1n) is 9.62. The zero-order chi connectivity index (χ0) is 21.3. The first-order chi connectivity index (χ1) is 14.4. The molecule has 0 radical (unpaired) electrons. The van der Waals surface area contributed by atoms with Crippen molar-refractivity contribution in [2.75, 3.05) is 4.90 Å². The third-order valence-electron chi connectivity index (χ3n) is 5.37. The predicted octanol–water partition coefficient (Wildman–Crippen LogP) is 6.35. The third kappa shape index (κ3) is 3.69. The molecule has 3 aromatic rings. The summed E-state index contributed by atoms with van der Waals surface area (Å²) < 4.78 is 0. The van der Waals surface area contributed by atoms with Crippen LogP contribution in [0.2, 0.25) is 10.0 Å². The molecule has 1 aliphatic heterocycles. The van der Waals surface area contributed by atoms with Crippen LogP contribution in [0.1, 0.15) is 23.6 Å². The number of amides is 2. The highest BCUT2D eigenvalue weighted by molar-refractivity contribution is 6.42. The summed E-state index contributed by atoms with van der Waals surface area (Å²) in [7, 11) is 0. The van der Waals surface area contributed by atoms with E-state index in [1.54, 1.807) is 23.1 Å². The number of aryl methyl sites for hydroxylation is 1. The van der Waals surface area contributed by atoms with Crippen molar-refractivity contribution in [3.63, 3.8) is 0 Å². The Bertz CT molecular complexity index is 1110. The van der Waals surface area contributed by atoms with Gasteiger partial charge in [-0.25, -0.2) is 4.79 Å². The van der Waals surface area contributed by atoms with Gasteiger partial charge in [0, 0.05) is 5.69 Å². The Morgan fingerprint density at radius 2 is 1.67 bits per heavy atom. The molecular formula is C24H21Cl2N3O. The van der Waals surface area contributed by atoms with Crippen LogP contribution >= 0.6 is 23.2 Å². The zero-order valence-corrected chi connectivity index (χ0v) is 18.2. The average Bonchev–Trinajstić information content (AvgIpc) is 3.00. The van der Waals surface area contributed by atoms with E-state index in [0.29, 0.717) is 28.1 Å². The average molecular weight is 438 g/mol. The number of carbonyl (C=O) groups excluding carboxylic acids is 1. The van der Waals surface area contributed by atoms with Gasteiger partial charge in [-0.15, -0.1) is 0 Å². The molecule has 6 heteroatoms. The molecule has 152 valence electrons. The molecule has 1 saturated heterocycles. The number of halogens is 2. The number of benzene rings is 3. The van der Waals surface area contributed by atoms with Crippen molar-refractivity contribution < 1.29 is 4.79 Å². The Morgan fingerprint density at radius 3 is 2.33 bits per heavy atom. The van der Waals surface area contributed by atoms with Crippen LogP contribution in [0.15, 0.2) is 77.8 Å². The van der Waals surface area contributed by atoms with Crippen molar-refractivity contribution in [2.24, 2.45) is 4.99 Å². The lowest BCUT2D eigenvalue weighted by atomic mass is 9.89. The smallest absolute Gasteiger partial charge is 0.293 e. The number of hydrogen-bond acceptors (Lipinski definition) is 2. The molecule has 30 heavy (non-hydrogen) atoms. The predicted molar refractivity (Wildman–Crippen MR) is 124 cm³/mol. The fourth-order valence-electron chi connectivity index (χ4n) is 3.68. The van der Waals surface area contributed by atoms with Crippen molar-refractivity contribution in [3.8, 4) is 0 Å². The molecule has 1 atom stereocenters. The number of nitrogens with one attached hydrogen (secondary N) is 1. The van der Waals surface area contributed by atoms with Crippen molar-refractivity contribution in [2.45, 2.75) is 25.9 Å². The highest BCUT2D eigenvalue weighted by atomic mass is 35.5. The Hall–Kier alpha value is -2.82. The topological polar surface area (TPSA) is 44.7 Å². The number of aliphatic imine (C=N–C) groups is 1. The summed E-state index contributed by atoms with van der Waals surface area (Å²) in [5, 5.41) is 3.80. The summed E-state index contributed by atoms with van der Waals surface area (Å²) in [5.41, 5.74) is 2.98. The second kappa shape index (κ2) is 8.13. The van der Waals surface area contributed by atoms with E-state index in [2.05, 4.69) is 5.32 Å². The van der Waals surface area contributed by atoms with Gasteiger partial charge in [0.25, 0.3) is 0 Å². The molecule has 0 bridgehead atoms. The summed E-state index contributed by atoms with van der Waals surface area (Å²) in [6.45, 7) is 4.49. The normalized spacial score (nSPS) is 19.9. The highest BCUT2D eigenvalue weighted by Crippen LogP contribution is 2.39. The highest BCUT2D eigenvalue weighted by Gasteiger charge is 2.49. The third-order valence-corrected chi connectivity index (χ3v) is 6.11. The molecule has 4 rings (SSSR count). The van der Waals surface area contributed by atoms with E-state index in [9.17, 15) is 4.79 Å². The molecule has 4 nitrogen and oxygen atoms in total. The van der Waals surface area contributed by atoms with Crippen LogP contribution in [0.3, 0.4) is 0 Å². The van der Waals surface area contributed by atoms with Crippen molar-refractivity contribution >= 4 is 40.8 Å². The minimum Gasteiger partial charge on any atom is -0.293 e. The van der Waals surface area contributed by atoms with E-state index in [-0.39, 0.29) is 6.03 Å². The van der Waals surface area contributed by atoms with Gasteiger partial charge in [-0.1, -0.05) is 83.4 Å². The van der Waals surface area contributed by atoms with Crippen molar-refractivity contribution in [1.82, 2.24) is 5.32 Å². The molecule has 0 saturated carbocycles. The van der Waals surface area contributed by atoms with Crippen LogP contribution in [0.4, 0.5) is 10.5 Å². The van der Waals surface area contributed by atoms with Gasteiger partial charge in [-0.2, -0.15) is 0 Å². The van der Waals surface area contributed by atoms with Crippen molar-refractivity contribution in [3.05, 3.63) is 99.5 Å². The second-order valence-electron chi connectivity index (χ2n) is 7.45. The largest absolute Gasteiger partial charge is 0.328 e. The molecule has 1 unspecified atom stereocenters. The van der Waals surface area contributed by atoms with E-state index < -0.39 is 5.54 Å². The first-order valence-corrected chi connectivity index (χ1v) is 10.4. The van der Waals surface area contributed by atoms with Gasteiger partial charge in [0.1, 0.15) is 11.4 Å². The lowest BCUT2D eigenvalue weighted by molar-refractivity contribution is 0.251. The number of hydrogen-bond donors (Lipinski definition) is 1. The summed E-state index contributed by atoms with van der Waals surface area (Å²) in [5.74, 6) is 0.589. The second-order valence-corrected chi connectivity index (χ2v) is 8.27. The lowest BCUT2D eigenvalue weighted by Gasteiger charge is -2.34. The number of nitrogens with zero attached hydrogens (tertiary/aromatic N) is 2. The van der Waals surface area contributed by atoms with Crippen LogP contribution in [-0.2, 0) is 12.1 Å². The molecule has 0 spiro atoms. The van der Waals surface area contributed by atoms with Crippen LogP contribution in [0, 0.1) is 6.92 Å². The van der Waals surface area contributed by atoms with Crippen LogP contribution in [0.5, 0.6) is 0 Å². The van der Waals surface area contributed by atoms with Gasteiger partial charge in [-0.05, 0) is 43.2 Å². The number of amidine groups is 1. The van der Waals surface area contributed by atoms with Gasteiger partial charge in [0.15, 0.2) is 0 Å². The fourth-order valence-corrected chi connectivity index (χ4v) is 3.97. The van der Waals surface area contributed by atoms with Crippen LogP contribution < -0.4 is 10.2 Å². The molecule has 0 aromatic heterocycles. The van der Waals surface area contributed by atoms with Gasteiger partial charge >= 0.3 is 6.03 Å². The Kier molecular flexibility index (Phi) is 5.54. The van der Waals surface area contributed by atoms with E-state index in [1.165, 1.54) is 0 Å². The molecule has 2 amide bonds. The van der Waals surface area contributed by atoms with Gasteiger partial charge in [-0.3, -0.25) is 15.2 Å². The van der Waals surface area contributed by atoms with E-state index >= 15 is 0 Å². The summed E-state index contributed by atoms with van der Waals surface area (Å²) in [4.78, 5) is 19.6. The zero-order valence-electron chi connectivity index (χ0n) is 16.7. The van der Waals surface area contributed by atoms with E-state index in [1.807, 2.05) is 68.4 Å². The molecule has 1 N–H and O–H groups in total. The maximum atomic E-state index is 13.1. The first kappa shape index (κ1) is 20.5. The molecule has 1 heterocycles. The Balaban J connectivity index is 1.83. The molecule has 1 aliphatic rings. The fraction of sp³-hybridized carbons (Fsp3) is 0.167. The van der Waals surface area contributed by atoms with E-state index in [0.717, 1.165) is 16.7 Å². The van der Waals surface area contributed by atoms with Crippen LogP contribution in [0.25, 0.3) is 0 Å². The Morgan fingerprint density at radius 1 is 0.967 bits per heavy atom. The minimum absolute atomic E-state index is 0.261. The van der Waals surface area contributed by atoms with Crippen LogP contribution in [-0.4, -0.2) is 11.9 Å². The number of anilines is 1. The molecule has 0 aliphatic carbocycles. The standard InChI is InChI=1S/C24H21Cl2N3O/c1-16-8-10-18(11-9-16)24(2)22(27-15-17-6-4-3-5-7-17)28-23(30)29(24)19-12-13-20(25)21(26)14-19/h3-14H,15H2,1-2H3,(H,27,28,30). The number of rotatable bonds is 4. The van der Waals surface area contributed by atoms with Gasteiger partial charge in [0.05, 0.1) is 16.6 Å². The summed E-state index contributed by atoms with van der Waals surface area (Å²) >= 11 is 12.4. The number of carbonyl (C=O) groups is 1. The SMILES string of the molecule is Cc1ccc(C2(C)C(=NCc3ccccc3)NC(=O)N2c2ccc(Cl)c(Cl)c2)cc1. The van der Waals surface area contributed by atoms with Crippen molar-refractivity contribution in [1.29, 1.82) is 0 Å². The van der Waals surface area contributed by atoms with Gasteiger partial charge < -0.3 is 0 Å². The summed E-state index contributed by atoms with van der Waals surface area (Å²) in [6, 6.07) is 23.0. The maximum absolute atomic E-state index is 13.1. The summed E-state index contributed by atoms with van der Waals surface area (Å²) in [6.07, 6.45) is 0. The number of urea groups is 1.